The number of rotatable bonds is 3. The van der Waals surface area contributed by atoms with Crippen LogP contribution < -0.4 is 5.73 Å². The van der Waals surface area contributed by atoms with E-state index >= 15 is 0 Å². The van der Waals surface area contributed by atoms with Crippen LogP contribution in [-0.4, -0.2) is 9.97 Å². The number of nitrogens with two attached hydrogens (primary N) is 1. The van der Waals surface area contributed by atoms with Crippen LogP contribution in [0.25, 0.3) is 0 Å². The first-order valence-electron chi connectivity index (χ1n) is 6.93. The van der Waals surface area contributed by atoms with Crippen molar-refractivity contribution in [1.29, 1.82) is 0 Å². The zero-order chi connectivity index (χ0) is 13.1. The molecule has 100 valence electrons. The fourth-order valence-corrected chi connectivity index (χ4v) is 3.15. The summed E-state index contributed by atoms with van der Waals surface area (Å²) in [6.45, 7) is 4.51. The van der Waals surface area contributed by atoms with Crippen molar-refractivity contribution in [2.24, 2.45) is 5.92 Å². The molecule has 1 fully saturated rings. The van der Waals surface area contributed by atoms with Gasteiger partial charge in [0.1, 0.15) is 11.6 Å². The van der Waals surface area contributed by atoms with Gasteiger partial charge in [-0.3, -0.25) is 0 Å². The van der Waals surface area contributed by atoms with Crippen LogP contribution in [0.1, 0.15) is 63.4 Å². The van der Waals surface area contributed by atoms with E-state index in [-0.39, 0.29) is 0 Å². The lowest BCUT2D eigenvalue weighted by molar-refractivity contribution is 0.339. The molecule has 18 heavy (non-hydrogen) atoms. The predicted molar refractivity (Wildman–Crippen MR) is 83.5 cm³/mol. The van der Waals surface area contributed by atoms with Gasteiger partial charge >= 0.3 is 0 Å². The molecule has 0 atom stereocenters. The minimum atomic E-state index is 0.524. The molecule has 4 heteroatoms. The SMILES string of the molecule is CCCc1nc(C2CCC(C)CC2)nc(N)c1I. The van der Waals surface area contributed by atoms with Crippen molar-refractivity contribution in [1.82, 2.24) is 9.97 Å². The Morgan fingerprint density at radius 1 is 1.22 bits per heavy atom. The van der Waals surface area contributed by atoms with Gasteiger partial charge in [-0.25, -0.2) is 9.97 Å². The highest BCUT2D eigenvalue weighted by Gasteiger charge is 2.23. The van der Waals surface area contributed by atoms with Gasteiger partial charge in [-0.1, -0.05) is 33.1 Å². The fourth-order valence-electron chi connectivity index (χ4n) is 2.64. The van der Waals surface area contributed by atoms with E-state index in [0.717, 1.165) is 33.8 Å². The van der Waals surface area contributed by atoms with Crippen molar-refractivity contribution < 1.29 is 0 Å². The van der Waals surface area contributed by atoms with Crippen molar-refractivity contribution in [3.63, 3.8) is 0 Å². The lowest BCUT2D eigenvalue weighted by atomic mass is 9.82. The van der Waals surface area contributed by atoms with Gasteiger partial charge in [-0.2, -0.15) is 0 Å². The maximum Gasteiger partial charge on any atom is 0.140 e. The lowest BCUT2D eigenvalue weighted by Gasteiger charge is -2.25. The van der Waals surface area contributed by atoms with E-state index in [2.05, 4.69) is 41.4 Å². The predicted octanol–water partition coefficient (Wildman–Crippen LogP) is 3.91. The van der Waals surface area contributed by atoms with Crippen LogP contribution in [0.2, 0.25) is 0 Å². The minimum absolute atomic E-state index is 0.524. The third-order valence-corrected chi connectivity index (χ3v) is 5.01. The fraction of sp³-hybridized carbons (Fsp3) is 0.714. The summed E-state index contributed by atoms with van der Waals surface area (Å²) in [6.07, 6.45) is 7.13. The first-order chi connectivity index (χ1) is 8.61. The van der Waals surface area contributed by atoms with Crippen LogP contribution in [-0.2, 0) is 6.42 Å². The van der Waals surface area contributed by atoms with Crippen molar-refractivity contribution >= 4 is 28.4 Å². The average molecular weight is 359 g/mol. The minimum Gasteiger partial charge on any atom is -0.383 e. The van der Waals surface area contributed by atoms with Gasteiger partial charge in [0.15, 0.2) is 0 Å². The Balaban J connectivity index is 2.22. The highest BCUT2D eigenvalue weighted by atomic mass is 127. The molecule has 0 radical (unpaired) electrons. The molecule has 1 aromatic heterocycles. The molecular weight excluding hydrogens is 337 g/mol. The van der Waals surface area contributed by atoms with Crippen LogP contribution >= 0.6 is 22.6 Å². The third kappa shape index (κ3) is 3.13. The second-order valence-corrected chi connectivity index (χ2v) is 6.51. The van der Waals surface area contributed by atoms with Gasteiger partial charge in [-0.05, 0) is 47.8 Å². The maximum absolute atomic E-state index is 6.03. The molecule has 1 aliphatic carbocycles. The number of aromatic nitrogens is 2. The number of anilines is 1. The second-order valence-electron chi connectivity index (χ2n) is 5.43. The molecule has 0 spiro atoms. The molecule has 0 unspecified atom stereocenters. The van der Waals surface area contributed by atoms with E-state index in [0.29, 0.717) is 11.7 Å². The molecule has 1 heterocycles. The molecule has 1 aromatic rings. The zero-order valence-electron chi connectivity index (χ0n) is 11.2. The Morgan fingerprint density at radius 2 is 1.89 bits per heavy atom. The van der Waals surface area contributed by atoms with Gasteiger partial charge in [0.2, 0.25) is 0 Å². The number of aryl methyl sites for hydroxylation is 1. The third-order valence-electron chi connectivity index (χ3n) is 3.83. The van der Waals surface area contributed by atoms with Crippen molar-refractivity contribution in [2.45, 2.75) is 58.3 Å². The smallest absolute Gasteiger partial charge is 0.140 e. The standard InChI is InChI=1S/C14H22IN3/c1-3-4-11-12(15)13(16)18-14(17-11)10-7-5-9(2)6-8-10/h9-10H,3-8H2,1-2H3,(H2,16,17,18). The molecule has 0 bridgehead atoms. The quantitative estimate of drug-likeness (QED) is 0.833. The first-order valence-corrected chi connectivity index (χ1v) is 8.01. The molecule has 2 rings (SSSR count). The van der Waals surface area contributed by atoms with Crippen LogP contribution in [0.3, 0.4) is 0 Å². The van der Waals surface area contributed by atoms with Gasteiger partial charge < -0.3 is 5.73 Å². The lowest BCUT2D eigenvalue weighted by Crippen LogP contribution is -2.16. The monoisotopic (exact) mass is 359 g/mol. The number of hydrogen-bond donors (Lipinski definition) is 1. The molecule has 1 aliphatic rings. The van der Waals surface area contributed by atoms with Gasteiger partial charge in [0, 0.05) is 5.92 Å². The summed E-state index contributed by atoms with van der Waals surface area (Å²) < 4.78 is 1.04. The summed E-state index contributed by atoms with van der Waals surface area (Å²) in [5.41, 5.74) is 7.17. The zero-order valence-corrected chi connectivity index (χ0v) is 13.4. The van der Waals surface area contributed by atoms with E-state index < -0.39 is 0 Å². The number of hydrogen-bond acceptors (Lipinski definition) is 3. The Labute approximate surface area is 123 Å². The van der Waals surface area contributed by atoms with Crippen LogP contribution in [0.4, 0.5) is 5.82 Å². The van der Waals surface area contributed by atoms with Crippen molar-refractivity contribution in [2.75, 3.05) is 5.73 Å². The second kappa shape index (κ2) is 6.17. The van der Waals surface area contributed by atoms with Gasteiger partial charge in [-0.15, -0.1) is 0 Å². The number of nitrogen functional groups attached to an aromatic ring is 1. The van der Waals surface area contributed by atoms with E-state index in [9.17, 15) is 0 Å². The maximum atomic E-state index is 6.03. The summed E-state index contributed by atoms with van der Waals surface area (Å²) in [7, 11) is 0. The molecule has 3 nitrogen and oxygen atoms in total. The van der Waals surface area contributed by atoms with Crippen LogP contribution in [0.5, 0.6) is 0 Å². The van der Waals surface area contributed by atoms with E-state index in [4.69, 9.17) is 10.7 Å². The highest BCUT2D eigenvalue weighted by Crippen LogP contribution is 2.34. The Hall–Kier alpha value is -0.390. The largest absolute Gasteiger partial charge is 0.383 e. The summed E-state index contributed by atoms with van der Waals surface area (Å²) in [5.74, 6) is 3.04. The summed E-state index contributed by atoms with van der Waals surface area (Å²) in [5, 5.41) is 0. The van der Waals surface area contributed by atoms with E-state index in [1.165, 1.54) is 25.7 Å². The summed E-state index contributed by atoms with van der Waals surface area (Å²) in [6, 6.07) is 0. The highest BCUT2D eigenvalue weighted by molar-refractivity contribution is 14.1. The molecule has 0 aliphatic heterocycles. The van der Waals surface area contributed by atoms with Gasteiger partial charge in [0.25, 0.3) is 0 Å². The topological polar surface area (TPSA) is 51.8 Å². The summed E-state index contributed by atoms with van der Waals surface area (Å²) >= 11 is 2.27. The molecule has 2 N–H and O–H groups in total. The Bertz CT molecular complexity index is 412. The van der Waals surface area contributed by atoms with Crippen LogP contribution in [0.15, 0.2) is 0 Å². The Kier molecular flexibility index (Phi) is 4.81. The molecule has 1 saturated carbocycles. The van der Waals surface area contributed by atoms with Gasteiger partial charge in [0.05, 0.1) is 9.26 Å². The average Bonchev–Trinajstić information content (AvgIpc) is 2.36. The van der Waals surface area contributed by atoms with Crippen molar-refractivity contribution in [3.8, 4) is 0 Å². The molecular formula is C14H22IN3. The normalized spacial score (nSPS) is 24.2. The van der Waals surface area contributed by atoms with E-state index in [1.54, 1.807) is 0 Å². The van der Waals surface area contributed by atoms with E-state index in [1.807, 2.05) is 0 Å². The van der Waals surface area contributed by atoms with Crippen LogP contribution in [0, 0.1) is 9.49 Å². The molecule has 0 aromatic carbocycles. The van der Waals surface area contributed by atoms with Crippen molar-refractivity contribution in [3.05, 3.63) is 15.1 Å². The number of halogens is 1. The first kappa shape index (κ1) is 14.0. The molecule has 0 saturated heterocycles. The Morgan fingerprint density at radius 3 is 2.50 bits per heavy atom. The number of nitrogens with zero attached hydrogens (tertiary/aromatic N) is 2. The summed E-state index contributed by atoms with van der Waals surface area (Å²) in [4.78, 5) is 9.30. The molecule has 0 amide bonds.